The van der Waals surface area contributed by atoms with Crippen LogP contribution in [0.1, 0.15) is 110 Å². The van der Waals surface area contributed by atoms with Gasteiger partial charge in [-0.2, -0.15) is 0 Å². The molecule has 0 fully saturated rings. The van der Waals surface area contributed by atoms with E-state index in [1.54, 1.807) is 12.4 Å². The first kappa shape index (κ1) is 28.3. The number of nitrogens with zero attached hydrogens (tertiary/aromatic N) is 2. The minimum absolute atomic E-state index is 0.0146. The minimum Gasteiger partial charge on any atom is -0.487 e. The second-order valence-electron chi connectivity index (χ2n) is 9.82. The van der Waals surface area contributed by atoms with Crippen molar-refractivity contribution < 1.29 is 9.13 Å². The Morgan fingerprint density at radius 3 is 1.94 bits per heavy atom. The summed E-state index contributed by atoms with van der Waals surface area (Å²) in [5.74, 6) is 1.21. The van der Waals surface area contributed by atoms with Gasteiger partial charge >= 0.3 is 0 Å². The fraction of sp³-hybridized carbons (Fsp3) is 0.667. The van der Waals surface area contributed by atoms with Crippen LogP contribution >= 0.6 is 0 Å². The molecule has 0 aliphatic carbocycles. The molecule has 1 aromatic carbocycles. The summed E-state index contributed by atoms with van der Waals surface area (Å²) in [6.45, 7) is 6.45. The van der Waals surface area contributed by atoms with Crippen LogP contribution in [0, 0.1) is 5.92 Å². The third kappa shape index (κ3) is 11.4. The van der Waals surface area contributed by atoms with Crippen molar-refractivity contribution in [3.05, 3.63) is 42.2 Å². The van der Waals surface area contributed by atoms with E-state index in [0.29, 0.717) is 11.6 Å². The zero-order valence-corrected chi connectivity index (χ0v) is 21.9. The molecule has 1 heterocycles. The molecule has 2 aromatic rings. The number of hydrogen-bond acceptors (Lipinski definition) is 3. The molecule has 0 saturated carbocycles. The van der Waals surface area contributed by atoms with E-state index in [1.165, 1.54) is 63.4 Å². The van der Waals surface area contributed by atoms with Crippen LogP contribution in [0.15, 0.2) is 36.7 Å². The fourth-order valence-corrected chi connectivity index (χ4v) is 4.24. The molecule has 2 unspecified atom stereocenters. The molecule has 0 bridgehead atoms. The van der Waals surface area contributed by atoms with Gasteiger partial charge in [0.1, 0.15) is 12.8 Å². The van der Waals surface area contributed by atoms with Gasteiger partial charge in [0.25, 0.3) is 0 Å². The number of alkyl halides is 1. The van der Waals surface area contributed by atoms with Crippen molar-refractivity contribution in [2.45, 2.75) is 117 Å². The van der Waals surface area contributed by atoms with Crippen molar-refractivity contribution in [3.8, 4) is 17.1 Å². The topological polar surface area (TPSA) is 35.0 Å². The largest absolute Gasteiger partial charge is 0.487 e. The van der Waals surface area contributed by atoms with Crippen LogP contribution in [0.4, 0.5) is 4.39 Å². The number of unbranched alkanes of at least 4 members (excludes halogenated alkanes) is 10. The first-order chi connectivity index (χ1) is 16.6. The molecule has 4 heteroatoms. The number of ether oxygens (including phenoxy) is 1. The summed E-state index contributed by atoms with van der Waals surface area (Å²) in [6, 6.07) is 8.55. The van der Waals surface area contributed by atoms with E-state index >= 15 is 0 Å². The number of hydrogen-bond donors (Lipinski definition) is 0. The average Bonchev–Trinajstić information content (AvgIpc) is 2.87. The Morgan fingerprint density at radius 2 is 1.32 bits per heavy atom. The number of rotatable bonds is 19. The van der Waals surface area contributed by atoms with Crippen LogP contribution in [0.25, 0.3) is 11.4 Å². The van der Waals surface area contributed by atoms with E-state index in [9.17, 15) is 4.39 Å². The molecular formula is C30H47FN2O. The molecule has 0 aliphatic heterocycles. The highest BCUT2D eigenvalue weighted by molar-refractivity contribution is 5.55. The fourth-order valence-electron chi connectivity index (χ4n) is 4.24. The summed E-state index contributed by atoms with van der Waals surface area (Å²) in [7, 11) is 0. The summed E-state index contributed by atoms with van der Waals surface area (Å²) in [6.07, 6.45) is 20.0. The van der Waals surface area contributed by atoms with Crippen LogP contribution in [0.3, 0.4) is 0 Å². The Balaban J connectivity index is 1.67. The van der Waals surface area contributed by atoms with Gasteiger partial charge in [-0.25, -0.2) is 14.4 Å². The highest BCUT2D eigenvalue weighted by Gasteiger charge is 2.17. The lowest BCUT2D eigenvalue weighted by atomic mass is 9.99. The monoisotopic (exact) mass is 470 g/mol. The Morgan fingerprint density at radius 1 is 0.765 bits per heavy atom. The van der Waals surface area contributed by atoms with Gasteiger partial charge in [0.15, 0.2) is 11.6 Å². The molecule has 34 heavy (non-hydrogen) atoms. The molecule has 2 rings (SSSR count). The highest BCUT2D eigenvalue weighted by Crippen LogP contribution is 2.21. The molecule has 0 aliphatic rings. The van der Waals surface area contributed by atoms with Crippen LogP contribution in [-0.4, -0.2) is 22.7 Å². The summed E-state index contributed by atoms with van der Waals surface area (Å²) >= 11 is 0. The van der Waals surface area contributed by atoms with Gasteiger partial charge in [0.2, 0.25) is 0 Å². The smallest absolute Gasteiger partial charge is 0.159 e. The maximum absolute atomic E-state index is 14.3. The van der Waals surface area contributed by atoms with Gasteiger partial charge in [-0.15, -0.1) is 0 Å². The van der Waals surface area contributed by atoms with Gasteiger partial charge in [0.05, 0.1) is 12.4 Å². The number of aryl methyl sites for hydroxylation is 1. The average molecular weight is 471 g/mol. The van der Waals surface area contributed by atoms with Crippen molar-refractivity contribution >= 4 is 0 Å². The molecule has 0 spiro atoms. The molecule has 0 amide bonds. The Kier molecular flexibility index (Phi) is 14.5. The lowest BCUT2D eigenvalue weighted by Gasteiger charge is -2.17. The molecule has 190 valence electrons. The second-order valence-corrected chi connectivity index (χ2v) is 9.82. The molecule has 1 aromatic heterocycles. The van der Waals surface area contributed by atoms with Gasteiger partial charge in [-0.1, -0.05) is 116 Å². The van der Waals surface area contributed by atoms with Crippen LogP contribution in [0.2, 0.25) is 0 Å². The van der Waals surface area contributed by atoms with Gasteiger partial charge in [-0.3, -0.25) is 0 Å². The van der Waals surface area contributed by atoms with E-state index in [4.69, 9.17) is 4.74 Å². The maximum Gasteiger partial charge on any atom is 0.159 e. The van der Waals surface area contributed by atoms with Crippen LogP contribution in [-0.2, 0) is 6.42 Å². The lowest BCUT2D eigenvalue weighted by Crippen LogP contribution is -2.21. The third-order valence-electron chi connectivity index (χ3n) is 6.70. The Labute approximate surface area is 208 Å². The number of halogens is 1. The van der Waals surface area contributed by atoms with E-state index in [0.717, 1.165) is 37.7 Å². The molecule has 3 nitrogen and oxygen atoms in total. The molecule has 0 radical (unpaired) electrons. The molecule has 0 N–H and O–H groups in total. The van der Waals surface area contributed by atoms with Crippen molar-refractivity contribution in [2.24, 2.45) is 5.92 Å². The molecule has 0 saturated heterocycles. The highest BCUT2D eigenvalue weighted by atomic mass is 19.1. The quantitative estimate of drug-likeness (QED) is 0.192. The first-order valence-corrected chi connectivity index (χ1v) is 13.8. The molecular weight excluding hydrogens is 423 g/mol. The van der Waals surface area contributed by atoms with Crippen molar-refractivity contribution in [2.75, 3.05) is 6.61 Å². The maximum atomic E-state index is 14.3. The van der Waals surface area contributed by atoms with Crippen molar-refractivity contribution in [1.29, 1.82) is 0 Å². The third-order valence-corrected chi connectivity index (χ3v) is 6.70. The lowest BCUT2D eigenvalue weighted by molar-refractivity contribution is 0.141. The summed E-state index contributed by atoms with van der Waals surface area (Å²) in [5.41, 5.74) is 2.36. The van der Waals surface area contributed by atoms with Gasteiger partial charge < -0.3 is 4.74 Å². The van der Waals surface area contributed by atoms with E-state index < -0.39 is 6.17 Å². The predicted octanol–water partition coefficient (Wildman–Crippen LogP) is 9.15. The zero-order valence-electron chi connectivity index (χ0n) is 21.9. The zero-order chi connectivity index (χ0) is 24.4. The normalized spacial score (nSPS) is 13.1. The van der Waals surface area contributed by atoms with Crippen molar-refractivity contribution in [3.63, 3.8) is 0 Å². The van der Waals surface area contributed by atoms with Crippen LogP contribution in [0.5, 0.6) is 5.75 Å². The first-order valence-electron chi connectivity index (χ1n) is 13.8. The molecule has 2 atom stereocenters. The summed E-state index contributed by atoms with van der Waals surface area (Å²) < 4.78 is 19.9. The number of aromatic nitrogens is 2. The Hall–Kier alpha value is -1.97. The second kappa shape index (κ2) is 17.5. The van der Waals surface area contributed by atoms with E-state index in [2.05, 4.69) is 48.1 Å². The Bertz CT molecular complexity index is 747. The van der Waals surface area contributed by atoms with E-state index in [1.807, 2.05) is 6.92 Å². The number of benzene rings is 1. The SMILES string of the molecule is CCCCCCCCCCCc1ccc(-c2ncc(OCC(F)C(C)CCCCC)cn2)cc1. The standard InChI is InChI=1S/C30H47FN2O/c1-4-6-8-9-10-11-12-13-15-17-26-18-20-27(21-19-26)30-32-22-28(23-33-30)34-24-29(31)25(3)16-14-7-5-2/h18-23,25,29H,4-17,24H2,1-3H3. The van der Waals surface area contributed by atoms with E-state index in [-0.39, 0.29) is 12.5 Å². The summed E-state index contributed by atoms with van der Waals surface area (Å²) in [5, 5.41) is 0. The van der Waals surface area contributed by atoms with Gasteiger partial charge in [0, 0.05) is 5.56 Å². The summed E-state index contributed by atoms with van der Waals surface area (Å²) in [4.78, 5) is 8.85. The van der Waals surface area contributed by atoms with Crippen molar-refractivity contribution in [1.82, 2.24) is 9.97 Å². The minimum atomic E-state index is -0.963. The van der Waals surface area contributed by atoms with Crippen LogP contribution < -0.4 is 4.74 Å². The predicted molar refractivity (Wildman–Crippen MR) is 142 cm³/mol. The van der Waals surface area contributed by atoms with Gasteiger partial charge in [-0.05, 0) is 30.7 Å².